The molecule has 21 saturated heterocycles. The zero-order chi connectivity index (χ0) is 75.9. The van der Waals surface area contributed by atoms with E-state index in [1.165, 1.54) is 135 Å². The van der Waals surface area contributed by atoms with Crippen molar-refractivity contribution in [2.75, 3.05) is 188 Å². The molecule has 0 unspecified atom stereocenters. The predicted octanol–water partition coefficient (Wildman–Crippen LogP) is 0.881. The van der Waals surface area contributed by atoms with Crippen molar-refractivity contribution < 1.29 is 165 Å². The summed E-state index contributed by atoms with van der Waals surface area (Å²) < 4.78 is 230. The third-order valence-electron chi connectivity index (χ3n) is 21.4. The summed E-state index contributed by atoms with van der Waals surface area (Å²) in [6.45, 7) is 10.5. The number of ether oxygens (including phenoxy) is 34. The molecule has 21 aliphatic heterocycles. The molecule has 14 bridgehead atoms. The Morgan fingerprint density at radius 3 is 0.452 bits per heavy atom. The van der Waals surface area contributed by atoms with Gasteiger partial charge in [-0.3, -0.25) is 0 Å². The lowest BCUT2D eigenvalue weighted by Gasteiger charge is -2.52. The van der Waals surface area contributed by atoms with Crippen LogP contribution in [0.2, 0.25) is 18.1 Å². The second-order valence-electron chi connectivity index (χ2n) is 28.1. The summed E-state index contributed by atoms with van der Waals surface area (Å²) in [6, 6.07) is 0. The van der Waals surface area contributed by atoms with E-state index >= 15 is 0 Å². The average Bonchev–Trinajstić information content (AvgIpc) is 0.757. The van der Waals surface area contributed by atoms with E-state index in [4.69, 9.17) is 165 Å². The molecule has 0 saturated carbocycles. The molecule has 0 N–H and O–H groups in total. The highest BCUT2D eigenvalue weighted by atomic mass is 28.4. The van der Waals surface area contributed by atoms with E-state index in [0.29, 0.717) is 0 Å². The van der Waals surface area contributed by atoms with Crippen molar-refractivity contribution in [2.45, 2.75) is 254 Å². The van der Waals surface area contributed by atoms with E-state index in [1.54, 1.807) is 7.11 Å². The predicted molar refractivity (Wildman–Crippen MR) is 360 cm³/mol. The number of methoxy groups -OCH3 is 20. The molecule has 0 aromatic heterocycles. The van der Waals surface area contributed by atoms with Crippen molar-refractivity contribution in [1.82, 2.24) is 0 Å². The van der Waals surface area contributed by atoms with Crippen molar-refractivity contribution in [3.8, 4) is 0 Å². The maximum atomic E-state index is 7.24. The van der Waals surface area contributed by atoms with Crippen LogP contribution in [0.3, 0.4) is 0 Å². The molecule has 36 heteroatoms. The van der Waals surface area contributed by atoms with Gasteiger partial charge in [-0.05, 0) is 18.1 Å². The van der Waals surface area contributed by atoms with Crippen LogP contribution >= 0.6 is 0 Å². The topological polar surface area (TPSA) is 323 Å². The smallest absolute Gasteiger partial charge is 0.192 e. The zero-order valence-corrected chi connectivity index (χ0v) is 66.4. The largest absolute Gasteiger partial charge is 0.414 e. The van der Waals surface area contributed by atoms with Gasteiger partial charge < -0.3 is 165 Å². The minimum absolute atomic E-state index is 0.0000827. The first-order valence-electron chi connectivity index (χ1n) is 35.2. The Balaban J connectivity index is 1.26. The Kier molecular flexibility index (Phi) is 35.3. The van der Waals surface area contributed by atoms with Crippen LogP contribution in [0.5, 0.6) is 0 Å². The van der Waals surface area contributed by atoms with Gasteiger partial charge in [-0.15, -0.1) is 0 Å². The van der Waals surface area contributed by atoms with Crippen LogP contribution in [0.25, 0.3) is 0 Å². The highest BCUT2D eigenvalue weighted by molar-refractivity contribution is 6.74. The molecule has 21 rings (SSSR count). The van der Waals surface area contributed by atoms with Crippen molar-refractivity contribution in [3.63, 3.8) is 0 Å². The summed E-state index contributed by atoms with van der Waals surface area (Å²) in [7, 11) is 27.9. The molecule has 0 aromatic carbocycles. The fourth-order valence-electron chi connectivity index (χ4n) is 15.2. The van der Waals surface area contributed by atoms with Crippen molar-refractivity contribution in [2.24, 2.45) is 0 Å². The van der Waals surface area contributed by atoms with Gasteiger partial charge in [0.25, 0.3) is 0 Å². The van der Waals surface area contributed by atoms with Gasteiger partial charge in [0.2, 0.25) is 0 Å². The fourth-order valence-corrected chi connectivity index (χ4v) is 16.2. The van der Waals surface area contributed by atoms with Crippen LogP contribution in [-0.2, 0) is 165 Å². The normalized spacial score (nSPS) is 44.5. The van der Waals surface area contributed by atoms with E-state index in [9.17, 15) is 0 Å². The third-order valence-corrected chi connectivity index (χ3v) is 25.9. The summed E-state index contributed by atoms with van der Waals surface area (Å²) >= 11 is 0. The molecule has 35 atom stereocenters. The van der Waals surface area contributed by atoms with Gasteiger partial charge in [-0.25, -0.2) is 0 Å². The Morgan fingerprint density at radius 1 is 0.202 bits per heavy atom. The quantitative estimate of drug-likeness (QED) is 0.0938. The van der Waals surface area contributed by atoms with Gasteiger partial charge in [0.15, 0.2) is 52.3 Å². The lowest BCUT2D eigenvalue weighted by Crippen LogP contribution is -2.69. The molecule has 21 fully saturated rings. The van der Waals surface area contributed by atoms with Crippen LogP contribution in [0.4, 0.5) is 0 Å². The van der Waals surface area contributed by atoms with Gasteiger partial charge in [0, 0.05) is 142 Å². The molecule has 104 heavy (non-hydrogen) atoms. The van der Waals surface area contributed by atoms with Crippen LogP contribution < -0.4 is 0 Å². The number of rotatable bonds is 29. The summed E-state index contributed by atoms with van der Waals surface area (Å²) in [5.41, 5.74) is 0. The van der Waals surface area contributed by atoms with Gasteiger partial charge in [0.1, 0.15) is 171 Å². The average molecular weight is 1530 g/mol. The van der Waals surface area contributed by atoms with Crippen molar-refractivity contribution in [1.29, 1.82) is 0 Å². The molecule has 21 heterocycles. The standard InChI is InChI=1S/C68H124O35Si/c1-68(2,3)104(24,25)89-32-39-46-53(81-16)60(88-23)67(96-39)102-45-38(31-74-9)94-65(58(86-21)52(45)80-15)100-43-36(29-72-7)92-63(56(84-19)50(43)78-13)98-41-34(27-70-5)90-61(54(82-17)48(41)76-11)97-40-33(26-69-4)91-62(55(83-18)47(40)75-10)99-42-35(28-71-6)93-64(57(85-20)49(42)77-12)101-44-37(30-73-8)95-66(103-46)59(87-22)51(44)79-14/h33-67H,26-32H2,1-25H3/t33-,34-,35-,36-,37-,38-,39-,40-,41-,42-,43-,44-,45-,46-,47+,48+,49+,50+,51+,52+,53+,54-,55-,56-,57-,58-,59-,60-,61-,62-,63-,64-,65-,66-,67-/m1/s1. The monoisotopic (exact) mass is 1530 g/mol. The van der Waals surface area contributed by atoms with Crippen LogP contribution in [-0.4, -0.2) is 412 Å². The molecule has 0 aromatic rings. The molecule has 35 nitrogen and oxygen atoms in total. The maximum absolute atomic E-state index is 7.24. The van der Waals surface area contributed by atoms with E-state index in [0.717, 1.165) is 0 Å². The molecule has 0 amide bonds. The van der Waals surface area contributed by atoms with Gasteiger partial charge >= 0.3 is 0 Å². The van der Waals surface area contributed by atoms with Gasteiger partial charge in [0.05, 0.1) is 46.2 Å². The summed E-state index contributed by atoms with van der Waals surface area (Å²) in [5, 5.41) is -0.229. The first-order valence-corrected chi connectivity index (χ1v) is 38.1. The summed E-state index contributed by atoms with van der Waals surface area (Å²) in [5.74, 6) is 0. The van der Waals surface area contributed by atoms with Crippen molar-refractivity contribution >= 4 is 8.32 Å². The molecule has 610 valence electrons. The molecular weight excluding hydrogens is 1400 g/mol. The first-order chi connectivity index (χ1) is 50.1. The van der Waals surface area contributed by atoms with Crippen molar-refractivity contribution in [3.05, 3.63) is 0 Å². The Hall–Kier alpha value is -1.18. The Morgan fingerprint density at radius 2 is 0.337 bits per heavy atom. The fraction of sp³-hybridized carbons (Fsp3) is 1.00. The van der Waals surface area contributed by atoms with Crippen LogP contribution in [0.15, 0.2) is 0 Å². The molecule has 21 aliphatic rings. The van der Waals surface area contributed by atoms with E-state index < -0.39 is 223 Å². The zero-order valence-electron chi connectivity index (χ0n) is 65.4. The minimum atomic E-state index is -2.55. The number of hydrogen-bond donors (Lipinski definition) is 0. The third kappa shape index (κ3) is 19.4. The second kappa shape index (κ2) is 41.6. The summed E-state index contributed by atoms with van der Waals surface area (Å²) in [6.07, 6.45) is -36.3. The lowest BCUT2D eigenvalue weighted by atomic mass is 9.94. The SMILES string of the molecule is COC[C@H]1O[C@@H]2O[C@H]3[C@H](OC)[C@@H](OC)[C@@H](O[C@H]4[C@H](OC)[C@@H](OC)[C@@H](O[C@H]5[C@H](OC)[C@@H](OC)[C@@H](O[C@H]6[C@H](OC)[C@@H](OC)[C@@H](O[C@H]7[C@H](OC)[C@@H](OC)[C@@H](O[C@H]8[C@H](OC)[C@@H](OC)[C@@H](O[C@H]1[C@H](OC)[C@H]2OC)O[C@@H]8COC)O[C@@H]7COC)O[C@@H]6COC)O[C@@H]5CO[Si](C)(C)C(C)(C)C)O[C@@H]4COC)O[C@@H]3COC. The minimum Gasteiger partial charge on any atom is -0.414 e. The van der Waals surface area contributed by atoms with Gasteiger partial charge in [-0.1, -0.05) is 20.8 Å². The Labute approximate surface area is 614 Å². The highest BCUT2D eigenvalue weighted by Gasteiger charge is 2.62. The first kappa shape index (κ1) is 88.4. The lowest BCUT2D eigenvalue weighted by molar-refractivity contribution is -0.402. The highest BCUT2D eigenvalue weighted by Crippen LogP contribution is 2.44. The van der Waals surface area contributed by atoms with Crippen LogP contribution in [0.1, 0.15) is 20.8 Å². The van der Waals surface area contributed by atoms with E-state index in [2.05, 4.69) is 33.9 Å². The number of hydrogen-bond acceptors (Lipinski definition) is 35. The van der Waals surface area contributed by atoms with Gasteiger partial charge in [-0.2, -0.15) is 0 Å². The van der Waals surface area contributed by atoms with E-state index in [-0.39, 0.29) is 51.3 Å². The second-order valence-corrected chi connectivity index (χ2v) is 32.9. The molecule has 0 spiro atoms. The molecule has 0 aliphatic carbocycles. The van der Waals surface area contributed by atoms with E-state index in [1.807, 2.05) is 0 Å². The Bertz CT molecular complexity index is 2400. The summed E-state index contributed by atoms with van der Waals surface area (Å²) in [4.78, 5) is 0. The van der Waals surface area contributed by atoms with Crippen LogP contribution in [0, 0.1) is 0 Å². The maximum Gasteiger partial charge on any atom is 0.192 e. The molecule has 0 radical (unpaired) electrons. The molecular formula is C68H124O35Si.